The van der Waals surface area contributed by atoms with Gasteiger partial charge in [0, 0.05) is 21.0 Å². The zero-order valence-electron chi connectivity index (χ0n) is 18.5. The highest BCUT2D eigenvalue weighted by atomic mass is 32.2. The first kappa shape index (κ1) is 23.1. The molecule has 2 unspecified atom stereocenters. The van der Waals surface area contributed by atoms with Crippen LogP contribution in [-0.4, -0.2) is 27.3 Å². The average Bonchev–Trinajstić information content (AvgIpc) is 3.40. The fourth-order valence-electron chi connectivity index (χ4n) is 5.40. The molecule has 180 valence electrons. The molecule has 1 saturated carbocycles. The minimum atomic E-state index is -5.54. The number of benzene rings is 2. The van der Waals surface area contributed by atoms with E-state index >= 15 is 17.6 Å². The van der Waals surface area contributed by atoms with Crippen molar-refractivity contribution in [1.82, 2.24) is 0 Å². The van der Waals surface area contributed by atoms with Gasteiger partial charge in [0.15, 0.2) is 0 Å². The maximum atomic E-state index is 15.3. The predicted octanol–water partition coefficient (Wildman–Crippen LogP) is 8.61. The SMILES string of the molecule is CC12SC(c3ccccc3)=CC1=C1C(=C3C=C(c4ccccc4)SC32C)C(F)(F)C(F)(F)C1(F)F. The molecule has 0 aromatic heterocycles. The van der Waals surface area contributed by atoms with E-state index in [9.17, 15) is 8.78 Å². The molecule has 2 aromatic rings. The molecule has 6 rings (SSSR count). The maximum Gasteiger partial charge on any atom is 0.380 e. The highest BCUT2D eigenvalue weighted by molar-refractivity contribution is 8.14. The Morgan fingerprint density at radius 2 is 0.886 bits per heavy atom. The zero-order valence-corrected chi connectivity index (χ0v) is 20.1. The van der Waals surface area contributed by atoms with Crippen LogP contribution in [0, 0.1) is 0 Å². The third kappa shape index (κ3) is 2.65. The molecule has 0 radical (unpaired) electrons. The van der Waals surface area contributed by atoms with Gasteiger partial charge in [0.25, 0.3) is 0 Å². The van der Waals surface area contributed by atoms with Gasteiger partial charge in [-0.1, -0.05) is 60.7 Å². The molecule has 0 N–H and O–H groups in total. The molecule has 2 aromatic carbocycles. The number of allylic oxidation sites excluding steroid dienone is 4. The molecule has 8 heteroatoms. The molecule has 0 amide bonds. The van der Waals surface area contributed by atoms with Crippen molar-refractivity contribution in [2.75, 3.05) is 0 Å². The van der Waals surface area contributed by atoms with E-state index in [2.05, 4.69) is 0 Å². The van der Waals surface area contributed by atoms with Crippen LogP contribution < -0.4 is 0 Å². The summed E-state index contributed by atoms with van der Waals surface area (Å²) in [5, 5.41) is 0. The van der Waals surface area contributed by atoms with Crippen molar-refractivity contribution in [1.29, 1.82) is 0 Å². The molecular formula is C27H18F6S2. The molecule has 0 bridgehead atoms. The Balaban J connectivity index is 1.68. The first-order valence-corrected chi connectivity index (χ1v) is 12.6. The number of fused-ring (bicyclic) bond motifs is 4. The predicted molar refractivity (Wildman–Crippen MR) is 130 cm³/mol. The van der Waals surface area contributed by atoms with Crippen molar-refractivity contribution in [3.8, 4) is 0 Å². The van der Waals surface area contributed by atoms with Gasteiger partial charge in [-0.05, 0) is 48.3 Å². The third-order valence-electron chi connectivity index (χ3n) is 7.44. The quantitative estimate of drug-likeness (QED) is 0.364. The molecule has 1 fully saturated rings. The lowest BCUT2D eigenvalue weighted by molar-refractivity contribution is -0.258. The second kappa shape index (κ2) is 6.91. The molecular weight excluding hydrogens is 502 g/mol. The van der Waals surface area contributed by atoms with Crippen LogP contribution in [-0.2, 0) is 0 Å². The zero-order chi connectivity index (χ0) is 25.0. The number of halogens is 6. The Morgan fingerprint density at radius 3 is 1.23 bits per heavy atom. The van der Waals surface area contributed by atoms with Crippen molar-refractivity contribution in [3.05, 3.63) is 106 Å². The Labute approximate surface area is 206 Å². The van der Waals surface area contributed by atoms with E-state index in [4.69, 9.17) is 0 Å². The fraction of sp³-hybridized carbons (Fsp3) is 0.259. The molecule has 0 spiro atoms. The normalized spacial score (nSPS) is 31.7. The topological polar surface area (TPSA) is 0 Å². The smallest absolute Gasteiger partial charge is 0.194 e. The van der Waals surface area contributed by atoms with Crippen LogP contribution in [0.1, 0.15) is 25.0 Å². The summed E-state index contributed by atoms with van der Waals surface area (Å²) in [5.74, 6) is -15.6. The molecule has 2 atom stereocenters. The molecule has 2 heterocycles. The van der Waals surface area contributed by atoms with Gasteiger partial charge in [-0.25, -0.2) is 0 Å². The van der Waals surface area contributed by atoms with Crippen LogP contribution in [0.25, 0.3) is 9.81 Å². The largest absolute Gasteiger partial charge is 0.380 e. The average molecular weight is 521 g/mol. The second-order valence-electron chi connectivity index (χ2n) is 9.32. The number of hydrogen-bond acceptors (Lipinski definition) is 2. The summed E-state index contributed by atoms with van der Waals surface area (Å²) in [6.07, 6.45) is 2.81. The lowest BCUT2D eigenvalue weighted by Crippen LogP contribution is -2.48. The number of rotatable bonds is 2. The van der Waals surface area contributed by atoms with E-state index in [1.807, 2.05) is 0 Å². The highest BCUT2D eigenvalue weighted by Gasteiger charge is 2.84. The first-order chi connectivity index (χ1) is 16.4. The molecule has 4 aliphatic rings. The summed E-state index contributed by atoms with van der Waals surface area (Å²) in [6, 6.07) is 17.9. The Hall–Kier alpha value is -2.32. The van der Waals surface area contributed by atoms with E-state index in [1.54, 1.807) is 74.5 Å². The monoisotopic (exact) mass is 520 g/mol. The van der Waals surface area contributed by atoms with E-state index in [1.165, 1.54) is 35.7 Å². The Kier molecular flexibility index (Phi) is 4.56. The maximum absolute atomic E-state index is 15.3. The van der Waals surface area contributed by atoms with E-state index in [0.717, 1.165) is 0 Å². The minimum Gasteiger partial charge on any atom is -0.194 e. The van der Waals surface area contributed by atoms with Gasteiger partial charge in [-0.3, -0.25) is 0 Å². The van der Waals surface area contributed by atoms with Crippen LogP contribution in [0.2, 0.25) is 0 Å². The first-order valence-electron chi connectivity index (χ1n) is 10.9. The lowest BCUT2D eigenvalue weighted by Gasteiger charge is -2.47. The van der Waals surface area contributed by atoms with Gasteiger partial charge < -0.3 is 0 Å². The van der Waals surface area contributed by atoms with Crippen molar-refractivity contribution >= 4 is 33.3 Å². The molecule has 2 aliphatic carbocycles. The van der Waals surface area contributed by atoms with Crippen LogP contribution in [0.3, 0.4) is 0 Å². The van der Waals surface area contributed by atoms with Crippen molar-refractivity contribution in [3.63, 3.8) is 0 Å². The summed E-state index contributed by atoms with van der Waals surface area (Å²) >= 11 is 2.53. The standard InChI is InChI=1S/C27H18F6S2/c1-23-17(13-19(34-23)15-9-5-3-6-10-15)21-22(26(30,31)27(32,33)25(21,28)29)18-14-20(35-24(18,23)2)16-11-7-4-8-12-16/h3-14H,1-2H3. The van der Waals surface area contributed by atoms with Crippen LogP contribution in [0.4, 0.5) is 26.3 Å². The third-order valence-corrected chi connectivity index (χ3v) is 10.8. The van der Waals surface area contributed by atoms with E-state index < -0.39 is 38.4 Å². The Bertz CT molecular complexity index is 1280. The van der Waals surface area contributed by atoms with Gasteiger partial charge in [-0.15, -0.1) is 23.5 Å². The Morgan fingerprint density at radius 1 is 0.543 bits per heavy atom. The summed E-state index contributed by atoms with van der Waals surface area (Å²) in [7, 11) is 0. The fourth-order valence-corrected chi connectivity index (χ4v) is 8.54. The van der Waals surface area contributed by atoms with Crippen molar-refractivity contribution in [2.45, 2.75) is 41.1 Å². The summed E-state index contributed by atoms with van der Waals surface area (Å²) in [4.78, 5) is 1.17. The minimum absolute atomic E-state index is 0.153. The number of alkyl halides is 6. The van der Waals surface area contributed by atoms with Crippen LogP contribution in [0.5, 0.6) is 0 Å². The molecule has 0 nitrogen and oxygen atoms in total. The van der Waals surface area contributed by atoms with Gasteiger partial charge in [0.1, 0.15) is 0 Å². The lowest BCUT2D eigenvalue weighted by atomic mass is 9.71. The van der Waals surface area contributed by atoms with Crippen LogP contribution in [0.15, 0.2) is 95.1 Å². The van der Waals surface area contributed by atoms with E-state index in [-0.39, 0.29) is 11.1 Å². The van der Waals surface area contributed by atoms with Gasteiger partial charge in [0.2, 0.25) is 0 Å². The summed E-state index contributed by atoms with van der Waals surface area (Å²) in [6.45, 7) is 3.39. The van der Waals surface area contributed by atoms with Crippen molar-refractivity contribution < 1.29 is 26.3 Å². The van der Waals surface area contributed by atoms with E-state index in [0.29, 0.717) is 20.9 Å². The number of thioether (sulfide) groups is 2. The van der Waals surface area contributed by atoms with Gasteiger partial charge in [-0.2, -0.15) is 26.3 Å². The van der Waals surface area contributed by atoms with Gasteiger partial charge in [0.05, 0.1) is 9.49 Å². The highest BCUT2D eigenvalue weighted by Crippen LogP contribution is 2.75. The number of hydrogen-bond donors (Lipinski definition) is 0. The second-order valence-corrected chi connectivity index (χ2v) is 12.2. The van der Waals surface area contributed by atoms with Gasteiger partial charge >= 0.3 is 17.8 Å². The molecule has 35 heavy (non-hydrogen) atoms. The molecule has 0 saturated heterocycles. The molecule has 2 aliphatic heterocycles. The van der Waals surface area contributed by atoms with Crippen molar-refractivity contribution in [2.24, 2.45) is 0 Å². The summed E-state index contributed by atoms with van der Waals surface area (Å²) < 4.78 is 88.4. The summed E-state index contributed by atoms with van der Waals surface area (Å²) in [5.41, 5.74) is -1.34. The van der Waals surface area contributed by atoms with Crippen LogP contribution >= 0.6 is 23.5 Å².